The maximum Gasteiger partial charge on any atom is 0.322 e. The molecule has 30 heavy (non-hydrogen) atoms. The Morgan fingerprint density at radius 1 is 1.27 bits per heavy atom. The van der Waals surface area contributed by atoms with Gasteiger partial charge in [-0.2, -0.15) is 5.10 Å². The molecule has 0 bridgehead atoms. The molecule has 4 rings (SSSR count). The number of aromatic amines is 1. The summed E-state index contributed by atoms with van der Waals surface area (Å²) in [6, 6.07) is 6.78. The van der Waals surface area contributed by atoms with Crippen molar-refractivity contribution in [2.75, 3.05) is 39.0 Å². The highest BCUT2D eigenvalue weighted by atomic mass is 16.2. The monoisotopic (exact) mass is 407 g/mol. The summed E-state index contributed by atoms with van der Waals surface area (Å²) >= 11 is 0. The first-order valence-electron chi connectivity index (χ1n) is 9.90. The van der Waals surface area contributed by atoms with Gasteiger partial charge < -0.3 is 20.4 Å². The average molecular weight is 407 g/mol. The molecule has 0 unspecified atom stereocenters. The normalized spacial score (nSPS) is 13.4. The smallest absolute Gasteiger partial charge is 0.322 e. The Morgan fingerprint density at radius 2 is 2.13 bits per heavy atom. The van der Waals surface area contributed by atoms with Crippen LogP contribution in [0, 0.1) is 0 Å². The number of fused-ring (bicyclic) bond motifs is 3. The second kappa shape index (κ2) is 8.50. The van der Waals surface area contributed by atoms with Gasteiger partial charge in [-0.05, 0) is 49.8 Å². The lowest BCUT2D eigenvalue weighted by Crippen LogP contribution is -2.39. The molecular weight excluding hydrogens is 382 g/mol. The van der Waals surface area contributed by atoms with Gasteiger partial charge in [0, 0.05) is 49.0 Å². The minimum atomic E-state index is -0.196. The number of rotatable bonds is 5. The van der Waals surface area contributed by atoms with Crippen LogP contribution in [0.1, 0.15) is 21.5 Å². The second-order valence-corrected chi connectivity index (χ2v) is 7.64. The summed E-state index contributed by atoms with van der Waals surface area (Å²) in [4.78, 5) is 33.2. The van der Waals surface area contributed by atoms with E-state index < -0.39 is 0 Å². The number of carbonyl (C=O) groups is 2. The lowest BCUT2D eigenvalue weighted by atomic mass is 9.99. The van der Waals surface area contributed by atoms with Crippen LogP contribution in [0.25, 0.3) is 11.0 Å². The molecule has 0 fully saturated rings. The van der Waals surface area contributed by atoms with E-state index in [4.69, 9.17) is 0 Å². The zero-order chi connectivity index (χ0) is 21.1. The number of carbonyl (C=O) groups excluding carboxylic acids is 2. The van der Waals surface area contributed by atoms with Crippen molar-refractivity contribution in [1.29, 1.82) is 0 Å². The molecule has 3 N–H and O–H groups in total. The molecule has 3 amide bonds. The predicted molar refractivity (Wildman–Crippen MR) is 114 cm³/mol. The van der Waals surface area contributed by atoms with Gasteiger partial charge in [0.05, 0.1) is 6.20 Å². The minimum Gasteiger partial charge on any atom is -0.351 e. The molecule has 2 aromatic heterocycles. The Bertz CT molecular complexity index is 1080. The fraction of sp³-hybridized carbons (Fsp3) is 0.333. The third-order valence-corrected chi connectivity index (χ3v) is 5.18. The number of aromatic nitrogens is 3. The topological polar surface area (TPSA) is 106 Å². The number of likely N-dealkylation sites (N-methyl/N-ethyl adjacent to an activating group) is 1. The number of amides is 3. The summed E-state index contributed by atoms with van der Waals surface area (Å²) in [5, 5.41) is 13.7. The number of H-pyrrole nitrogens is 1. The van der Waals surface area contributed by atoms with Crippen LogP contribution in [0.5, 0.6) is 0 Å². The molecule has 156 valence electrons. The quantitative estimate of drug-likeness (QED) is 0.598. The zero-order valence-corrected chi connectivity index (χ0v) is 17.1. The van der Waals surface area contributed by atoms with Crippen LogP contribution in [0.3, 0.4) is 0 Å². The van der Waals surface area contributed by atoms with E-state index in [9.17, 15) is 9.59 Å². The Labute approximate surface area is 174 Å². The van der Waals surface area contributed by atoms with Crippen molar-refractivity contribution < 1.29 is 9.59 Å². The van der Waals surface area contributed by atoms with E-state index in [1.165, 1.54) is 5.56 Å². The van der Waals surface area contributed by atoms with Crippen molar-refractivity contribution in [3.8, 4) is 0 Å². The van der Waals surface area contributed by atoms with Crippen LogP contribution in [-0.2, 0) is 13.0 Å². The first-order chi connectivity index (χ1) is 14.5. The molecule has 9 nitrogen and oxygen atoms in total. The molecule has 0 saturated carbocycles. The summed E-state index contributed by atoms with van der Waals surface area (Å²) < 4.78 is 0. The molecule has 0 spiro atoms. The van der Waals surface area contributed by atoms with E-state index in [-0.39, 0.29) is 11.9 Å². The van der Waals surface area contributed by atoms with Crippen LogP contribution in [0.15, 0.2) is 36.7 Å². The number of anilines is 1. The van der Waals surface area contributed by atoms with E-state index >= 15 is 0 Å². The van der Waals surface area contributed by atoms with E-state index in [1.54, 1.807) is 41.6 Å². The summed E-state index contributed by atoms with van der Waals surface area (Å²) in [7, 11) is 3.91. The molecule has 0 atom stereocenters. The van der Waals surface area contributed by atoms with Gasteiger partial charge in [-0.25, -0.2) is 9.78 Å². The van der Waals surface area contributed by atoms with Crippen LogP contribution < -0.4 is 10.6 Å². The number of hydrogen-bond donors (Lipinski definition) is 3. The van der Waals surface area contributed by atoms with Crippen molar-refractivity contribution in [2.24, 2.45) is 0 Å². The SMILES string of the molecule is CN(C)CCNC(=O)c1cccc(NC(=O)N2CCc3c(cnc4[nH]ncc34)C2)c1. The fourth-order valence-corrected chi connectivity index (χ4v) is 3.56. The van der Waals surface area contributed by atoms with Crippen LogP contribution >= 0.6 is 0 Å². The van der Waals surface area contributed by atoms with Gasteiger partial charge >= 0.3 is 6.03 Å². The molecule has 9 heteroatoms. The van der Waals surface area contributed by atoms with Crippen LogP contribution in [-0.4, -0.2) is 70.6 Å². The predicted octanol–water partition coefficient (Wildman–Crippen LogP) is 1.84. The van der Waals surface area contributed by atoms with E-state index in [1.807, 2.05) is 19.0 Å². The van der Waals surface area contributed by atoms with Gasteiger partial charge in [-0.3, -0.25) is 9.89 Å². The van der Waals surface area contributed by atoms with Crippen molar-refractivity contribution in [3.63, 3.8) is 0 Å². The number of nitrogens with one attached hydrogen (secondary N) is 3. The number of hydrogen-bond acceptors (Lipinski definition) is 5. The first kappa shape index (κ1) is 19.8. The van der Waals surface area contributed by atoms with E-state index in [0.29, 0.717) is 30.9 Å². The number of nitrogens with zero attached hydrogens (tertiary/aromatic N) is 4. The largest absolute Gasteiger partial charge is 0.351 e. The van der Waals surface area contributed by atoms with Gasteiger partial charge in [0.25, 0.3) is 5.91 Å². The molecule has 1 aliphatic rings. The Balaban J connectivity index is 1.40. The minimum absolute atomic E-state index is 0.157. The lowest BCUT2D eigenvalue weighted by molar-refractivity contribution is 0.0951. The van der Waals surface area contributed by atoms with Crippen molar-refractivity contribution >= 4 is 28.7 Å². The fourth-order valence-electron chi connectivity index (χ4n) is 3.56. The average Bonchev–Trinajstić information content (AvgIpc) is 3.22. The van der Waals surface area contributed by atoms with Gasteiger partial charge in [-0.15, -0.1) is 0 Å². The molecular formula is C21H25N7O2. The van der Waals surface area contributed by atoms with Crippen molar-refractivity contribution in [1.82, 2.24) is 30.3 Å². The van der Waals surface area contributed by atoms with E-state index in [2.05, 4.69) is 25.8 Å². The van der Waals surface area contributed by atoms with Gasteiger partial charge in [0.1, 0.15) is 0 Å². The Kier molecular flexibility index (Phi) is 5.62. The number of pyridine rings is 1. The van der Waals surface area contributed by atoms with Crippen LogP contribution in [0.2, 0.25) is 0 Å². The van der Waals surface area contributed by atoms with Gasteiger partial charge in [-0.1, -0.05) is 6.07 Å². The zero-order valence-electron chi connectivity index (χ0n) is 17.1. The second-order valence-electron chi connectivity index (χ2n) is 7.64. The summed E-state index contributed by atoms with van der Waals surface area (Å²) in [5.74, 6) is -0.157. The molecule has 1 aliphatic heterocycles. The first-order valence-corrected chi connectivity index (χ1v) is 9.90. The molecule has 0 radical (unpaired) electrons. The van der Waals surface area contributed by atoms with Gasteiger partial charge in [0.15, 0.2) is 5.65 Å². The third kappa shape index (κ3) is 4.25. The number of benzene rings is 1. The molecule has 0 saturated heterocycles. The van der Waals surface area contributed by atoms with Crippen molar-refractivity contribution in [3.05, 3.63) is 53.3 Å². The maximum atomic E-state index is 12.8. The Hall–Kier alpha value is -3.46. The van der Waals surface area contributed by atoms with Gasteiger partial charge in [0.2, 0.25) is 0 Å². The summed E-state index contributed by atoms with van der Waals surface area (Å²) in [6.07, 6.45) is 4.33. The van der Waals surface area contributed by atoms with Crippen LogP contribution in [0.4, 0.5) is 10.5 Å². The molecule has 3 heterocycles. The summed E-state index contributed by atoms with van der Waals surface area (Å²) in [5.41, 5.74) is 4.09. The number of urea groups is 1. The third-order valence-electron chi connectivity index (χ3n) is 5.18. The molecule has 3 aromatic rings. The highest BCUT2D eigenvalue weighted by molar-refractivity contribution is 5.97. The van der Waals surface area contributed by atoms with E-state index in [0.717, 1.165) is 29.6 Å². The summed E-state index contributed by atoms with van der Waals surface area (Å²) in [6.45, 7) is 2.42. The highest BCUT2D eigenvalue weighted by Crippen LogP contribution is 2.25. The standard InChI is InChI=1S/C21H25N7O2/c1-27(2)9-7-22-20(29)14-4-3-5-16(10-14)25-21(30)28-8-6-17-15(13-28)11-23-19-18(17)12-24-26-19/h3-5,10-12H,6-9,13H2,1-2H3,(H,22,29)(H,25,30)(H,23,24,26). The maximum absolute atomic E-state index is 12.8. The van der Waals surface area contributed by atoms with Crippen molar-refractivity contribution in [2.45, 2.75) is 13.0 Å². The Morgan fingerprint density at radius 3 is 2.97 bits per heavy atom. The lowest BCUT2D eigenvalue weighted by Gasteiger charge is -2.29. The molecule has 1 aromatic carbocycles. The highest BCUT2D eigenvalue weighted by Gasteiger charge is 2.23. The molecule has 0 aliphatic carbocycles.